The first kappa shape index (κ1) is 11.9. The molecule has 0 aliphatic carbocycles. The molecule has 4 heteroatoms. The van der Waals surface area contributed by atoms with Gasteiger partial charge in [0.25, 0.3) is 0 Å². The van der Waals surface area contributed by atoms with Gasteiger partial charge in [0.2, 0.25) is 5.91 Å². The molecule has 1 amide bonds. The van der Waals surface area contributed by atoms with E-state index in [1.165, 1.54) is 4.90 Å². The van der Waals surface area contributed by atoms with Gasteiger partial charge in [0.1, 0.15) is 5.92 Å². The van der Waals surface area contributed by atoms with Crippen LogP contribution in [0.5, 0.6) is 0 Å². The van der Waals surface area contributed by atoms with Crippen LogP contribution in [0.2, 0.25) is 0 Å². The van der Waals surface area contributed by atoms with Crippen LogP contribution in [0, 0.1) is 17.2 Å². The van der Waals surface area contributed by atoms with Gasteiger partial charge in [-0.05, 0) is 6.42 Å². The van der Waals surface area contributed by atoms with Crippen molar-refractivity contribution in [2.75, 3.05) is 27.3 Å². The van der Waals surface area contributed by atoms with Gasteiger partial charge in [0.05, 0.1) is 12.7 Å². The Kier molecular flexibility index (Phi) is 5.90. The number of likely N-dealkylation sites (N-methyl/N-ethyl adjacent to an activating group) is 1. The molecule has 0 aromatic heterocycles. The molecule has 0 spiro atoms. The van der Waals surface area contributed by atoms with Crippen molar-refractivity contribution < 1.29 is 9.53 Å². The van der Waals surface area contributed by atoms with Gasteiger partial charge in [-0.2, -0.15) is 5.26 Å². The lowest BCUT2D eigenvalue weighted by molar-refractivity contribution is -0.133. The fourth-order valence-electron chi connectivity index (χ4n) is 0.926. The molecular formula is C9H16N2O2. The van der Waals surface area contributed by atoms with Crippen molar-refractivity contribution in [2.45, 2.75) is 13.3 Å². The maximum atomic E-state index is 11.5. The summed E-state index contributed by atoms with van der Waals surface area (Å²) in [7, 11) is 3.27. The summed E-state index contributed by atoms with van der Waals surface area (Å²) in [4.78, 5) is 13.0. The predicted molar refractivity (Wildman–Crippen MR) is 48.9 cm³/mol. The van der Waals surface area contributed by atoms with Crippen LogP contribution in [-0.2, 0) is 9.53 Å². The molecule has 0 aliphatic heterocycles. The second-order valence-corrected chi connectivity index (χ2v) is 2.84. The molecule has 0 fully saturated rings. The van der Waals surface area contributed by atoms with Gasteiger partial charge >= 0.3 is 0 Å². The first-order valence-corrected chi connectivity index (χ1v) is 4.30. The summed E-state index contributed by atoms with van der Waals surface area (Å²) in [5, 5.41) is 8.64. The topological polar surface area (TPSA) is 53.3 Å². The molecule has 0 aromatic carbocycles. The lowest BCUT2D eigenvalue weighted by atomic mass is 10.1. The Balaban J connectivity index is 4.01. The van der Waals surface area contributed by atoms with Gasteiger partial charge in [-0.1, -0.05) is 6.92 Å². The number of nitrogens with zero attached hydrogens (tertiary/aromatic N) is 2. The van der Waals surface area contributed by atoms with E-state index < -0.39 is 5.92 Å². The molecule has 13 heavy (non-hydrogen) atoms. The highest BCUT2D eigenvalue weighted by Crippen LogP contribution is 2.04. The molecule has 1 atom stereocenters. The third kappa shape index (κ3) is 3.90. The third-order valence-corrected chi connectivity index (χ3v) is 1.87. The molecule has 0 rings (SSSR count). The smallest absolute Gasteiger partial charge is 0.239 e. The highest BCUT2D eigenvalue weighted by Gasteiger charge is 2.18. The average Bonchev–Trinajstić information content (AvgIpc) is 2.15. The predicted octanol–water partition coefficient (Wildman–Crippen LogP) is 0.641. The lowest BCUT2D eigenvalue weighted by Crippen LogP contribution is -2.34. The number of hydrogen-bond acceptors (Lipinski definition) is 3. The monoisotopic (exact) mass is 184 g/mol. The molecule has 0 N–H and O–H groups in total. The van der Waals surface area contributed by atoms with E-state index in [0.717, 1.165) is 0 Å². The van der Waals surface area contributed by atoms with E-state index in [4.69, 9.17) is 10.00 Å². The zero-order chi connectivity index (χ0) is 10.3. The number of hydrogen-bond donors (Lipinski definition) is 0. The second-order valence-electron chi connectivity index (χ2n) is 2.84. The molecule has 0 radical (unpaired) electrons. The fraction of sp³-hybridized carbons (Fsp3) is 0.778. The average molecular weight is 184 g/mol. The lowest BCUT2D eigenvalue weighted by Gasteiger charge is -2.18. The largest absolute Gasteiger partial charge is 0.383 e. The Labute approximate surface area is 79.1 Å². The standard InChI is InChI=1S/C9H16N2O2/c1-4-8(7-10)9(12)11(2)5-6-13-3/h8H,4-6H2,1-3H3. The Morgan fingerprint density at radius 1 is 1.69 bits per heavy atom. The summed E-state index contributed by atoms with van der Waals surface area (Å²) < 4.78 is 4.83. The van der Waals surface area contributed by atoms with Crippen molar-refractivity contribution in [2.24, 2.45) is 5.92 Å². The van der Waals surface area contributed by atoms with E-state index in [2.05, 4.69) is 0 Å². The van der Waals surface area contributed by atoms with Crippen molar-refractivity contribution in [1.29, 1.82) is 5.26 Å². The number of methoxy groups -OCH3 is 1. The van der Waals surface area contributed by atoms with Crippen molar-refractivity contribution in [3.8, 4) is 6.07 Å². The van der Waals surface area contributed by atoms with Gasteiger partial charge in [-0.3, -0.25) is 4.79 Å². The Bertz CT molecular complexity index is 198. The Morgan fingerprint density at radius 3 is 2.69 bits per heavy atom. The molecule has 1 unspecified atom stereocenters. The number of amides is 1. The van der Waals surface area contributed by atoms with Gasteiger partial charge in [0, 0.05) is 20.7 Å². The molecular weight excluding hydrogens is 168 g/mol. The van der Waals surface area contributed by atoms with Crippen LogP contribution in [0.15, 0.2) is 0 Å². The van der Waals surface area contributed by atoms with Gasteiger partial charge in [-0.25, -0.2) is 0 Å². The van der Waals surface area contributed by atoms with Gasteiger partial charge in [0.15, 0.2) is 0 Å². The molecule has 0 aliphatic rings. The van der Waals surface area contributed by atoms with E-state index in [9.17, 15) is 4.79 Å². The SMILES string of the molecule is CCC(C#N)C(=O)N(C)CCOC. The van der Waals surface area contributed by atoms with Crippen LogP contribution in [-0.4, -0.2) is 38.1 Å². The molecule has 0 aromatic rings. The maximum absolute atomic E-state index is 11.5. The number of nitriles is 1. The van der Waals surface area contributed by atoms with Crippen molar-refractivity contribution >= 4 is 5.91 Å². The summed E-state index contributed by atoms with van der Waals surface area (Å²) in [5.74, 6) is -0.635. The summed E-state index contributed by atoms with van der Waals surface area (Å²) >= 11 is 0. The van der Waals surface area contributed by atoms with E-state index in [1.54, 1.807) is 14.2 Å². The molecule has 0 heterocycles. The third-order valence-electron chi connectivity index (χ3n) is 1.87. The first-order chi connectivity index (χ1) is 6.17. The highest BCUT2D eigenvalue weighted by atomic mass is 16.5. The number of rotatable bonds is 5. The van der Waals surface area contributed by atoms with E-state index in [1.807, 2.05) is 13.0 Å². The zero-order valence-corrected chi connectivity index (χ0v) is 8.41. The highest BCUT2D eigenvalue weighted by molar-refractivity contribution is 5.80. The summed E-state index contributed by atoms with van der Waals surface area (Å²) in [6.07, 6.45) is 0.562. The van der Waals surface area contributed by atoms with Gasteiger partial charge < -0.3 is 9.64 Å². The zero-order valence-electron chi connectivity index (χ0n) is 8.41. The van der Waals surface area contributed by atoms with Crippen molar-refractivity contribution in [1.82, 2.24) is 4.90 Å². The minimum atomic E-state index is -0.512. The summed E-state index contributed by atoms with van der Waals surface area (Å²) in [5.41, 5.74) is 0. The van der Waals surface area contributed by atoms with Crippen LogP contribution < -0.4 is 0 Å². The minimum absolute atomic E-state index is 0.123. The maximum Gasteiger partial charge on any atom is 0.239 e. The van der Waals surface area contributed by atoms with Crippen LogP contribution >= 0.6 is 0 Å². The molecule has 4 nitrogen and oxygen atoms in total. The quantitative estimate of drug-likeness (QED) is 0.630. The normalized spacial score (nSPS) is 11.8. The minimum Gasteiger partial charge on any atom is -0.383 e. The van der Waals surface area contributed by atoms with Crippen LogP contribution in [0.1, 0.15) is 13.3 Å². The van der Waals surface area contributed by atoms with Crippen LogP contribution in [0.4, 0.5) is 0 Å². The summed E-state index contributed by atoms with van der Waals surface area (Å²) in [6, 6.07) is 1.98. The van der Waals surface area contributed by atoms with E-state index in [-0.39, 0.29) is 5.91 Å². The Hall–Kier alpha value is -1.08. The molecule has 0 bridgehead atoms. The Morgan fingerprint density at radius 2 is 2.31 bits per heavy atom. The number of carbonyl (C=O) groups excluding carboxylic acids is 1. The van der Waals surface area contributed by atoms with Crippen LogP contribution in [0.3, 0.4) is 0 Å². The van der Waals surface area contributed by atoms with Gasteiger partial charge in [-0.15, -0.1) is 0 Å². The number of carbonyl (C=O) groups is 1. The second kappa shape index (κ2) is 6.44. The number of ether oxygens (including phenoxy) is 1. The van der Waals surface area contributed by atoms with Crippen molar-refractivity contribution in [3.05, 3.63) is 0 Å². The van der Waals surface area contributed by atoms with E-state index in [0.29, 0.717) is 19.6 Å². The summed E-state index contributed by atoms with van der Waals surface area (Å²) in [6.45, 7) is 2.87. The van der Waals surface area contributed by atoms with Crippen LogP contribution in [0.25, 0.3) is 0 Å². The first-order valence-electron chi connectivity index (χ1n) is 4.30. The molecule has 74 valence electrons. The van der Waals surface area contributed by atoms with E-state index >= 15 is 0 Å². The molecule has 0 saturated heterocycles. The molecule has 0 saturated carbocycles. The fourth-order valence-corrected chi connectivity index (χ4v) is 0.926. The van der Waals surface area contributed by atoms with Crippen molar-refractivity contribution in [3.63, 3.8) is 0 Å².